The Labute approximate surface area is 192 Å². The number of aromatic nitrogens is 1. The number of oxazole rings is 1. The van der Waals surface area contributed by atoms with Crippen LogP contribution in [0, 0.1) is 0 Å². The summed E-state index contributed by atoms with van der Waals surface area (Å²) < 4.78 is 6.83. The molecule has 4 aromatic rings. The van der Waals surface area contributed by atoms with E-state index in [0.717, 1.165) is 18.6 Å². The maximum absolute atomic E-state index is 12.9. The van der Waals surface area contributed by atoms with Crippen LogP contribution in [0.3, 0.4) is 0 Å². The van der Waals surface area contributed by atoms with E-state index < -0.39 is 5.76 Å². The topological polar surface area (TPSA) is 59.9 Å². The van der Waals surface area contributed by atoms with E-state index >= 15 is 0 Å². The van der Waals surface area contributed by atoms with Crippen LogP contribution in [0.4, 0.5) is 0 Å². The van der Waals surface area contributed by atoms with Gasteiger partial charge in [-0.25, -0.2) is 4.79 Å². The summed E-state index contributed by atoms with van der Waals surface area (Å²) in [5.41, 5.74) is 3.88. The van der Waals surface area contributed by atoms with Crippen molar-refractivity contribution in [3.8, 4) is 0 Å². The van der Waals surface area contributed by atoms with Gasteiger partial charge in [0, 0.05) is 24.1 Å². The number of hydrogen-bond acceptors (Lipinski definition) is 3. The van der Waals surface area contributed by atoms with Gasteiger partial charge in [0.1, 0.15) is 6.04 Å². The number of amides is 1. The van der Waals surface area contributed by atoms with Crippen LogP contribution in [0.25, 0.3) is 11.1 Å². The smallest absolute Gasteiger partial charge is 0.408 e. The summed E-state index contributed by atoms with van der Waals surface area (Å²) in [4.78, 5) is 28.5. The number of quaternary nitrogens is 1. The predicted octanol–water partition coefficient (Wildman–Crippen LogP) is 2.50. The van der Waals surface area contributed by atoms with E-state index in [0.29, 0.717) is 31.6 Å². The van der Waals surface area contributed by atoms with Crippen LogP contribution >= 0.6 is 0 Å². The predicted molar refractivity (Wildman–Crippen MR) is 127 cm³/mol. The zero-order chi connectivity index (χ0) is 22.6. The number of hydrogen-bond donors (Lipinski definition) is 1. The van der Waals surface area contributed by atoms with Crippen molar-refractivity contribution in [1.82, 2.24) is 9.47 Å². The molecule has 0 unspecified atom stereocenters. The Morgan fingerprint density at radius 2 is 1.42 bits per heavy atom. The van der Waals surface area contributed by atoms with E-state index in [9.17, 15) is 9.59 Å². The highest BCUT2D eigenvalue weighted by Crippen LogP contribution is 2.19. The zero-order valence-corrected chi connectivity index (χ0v) is 18.5. The number of carbonyl (C=O) groups excluding carboxylic acids is 1. The third kappa shape index (κ3) is 4.47. The first-order chi connectivity index (χ1) is 16.2. The van der Waals surface area contributed by atoms with Gasteiger partial charge in [-0.2, -0.15) is 0 Å². The Hall–Kier alpha value is -3.64. The fourth-order valence-electron chi connectivity index (χ4n) is 4.88. The minimum atomic E-state index is -0.410. The third-order valence-corrected chi connectivity index (χ3v) is 6.56. The molecule has 1 saturated heterocycles. The van der Waals surface area contributed by atoms with Gasteiger partial charge in [-0.15, -0.1) is 0 Å². The second-order valence-electron chi connectivity index (χ2n) is 8.53. The Morgan fingerprint density at radius 1 is 0.848 bits per heavy atom. The number of fused-ring (bicyclic) bond motifs is 1. The Bertz CT molecular complexity index is 1230. The summed E-state index contributed by atoms with van der Waals surface area (Å²) in [7, 11) is 0. The van der Waals surface area contributed by atoms with Gasteiger partial charge in [0.15, 0.2) is 5.58 Å². The number of nitrogens with zero attached hydrogens (tertiary/aromatic N) is 2. The third-order valence-electron chi connectivity index (χ3n) is 6.56. The van der Waals surface area contributed by atoms with Crippen LogP contribution < -0.4 is 10.7 Å². The Kier molecular flexibility index (Phi) is 6.09. The van der Waals surface area contributed by atoms with Gasteiger partial charge in [-0.3, -0.25) is 9.36 Å². The normalized spacial score (nSPS) is 14.8. The van der Waals surface area contributed by atoms with Crippen molar-refractivity contribution in [3.05, 3.63) is 107 Å². The second kappa shape index (κ2) is 9.46. The highest BCUT2D eigenvalue weighted by molar-refractivity contribution is 5.77. The van der Waals surface area contributed by atoms with Crippen LogP contribution in [-0.4, -0.2) is 41.6 Å². The van der Waals surface area contributed by atoms with E-state index in [1.807, 2.05) is 35.2 Å². The molecular formula is C27H28N3O3+. The van der Waals surface area contributed by atoms with Crippen LogP contribution in [-0.2, 0) is 11.3 Å². The molecule has 1 N–H and O–H groups in total. The Balaban J connectivity index is 1.24. The molecule has 1 aliphatic heterocycles. The van der Waals surface area contributed by atoms with E-state index in [-0.39, 0.29) is 11.9 Å². The van der Waals surface area contributed by atoms with Gasteiger partial charge in [-0.1, -0.05) is 72.8 Å². The lowest BCUT2D eigenvalue weighted by molar-refractivity contribution is -0.929. The summed E-state index contributed by atoms with van der Waals surface area (Å²) in [6, 6.07) is 28.8. The van der Waals surface area contributed by atoms with E-state index in [1.165, 1.54) is 16.0 Å². The largest absolute Gasteiger partial charge is 0.419 e. The lowest BCUT2D eigenvalue weighted by atomic mass is 9.96. The summed E-state index contributed by atoms with van der Waals surface area (Å²) >= 11 is 0. The van der Waals surface area contributed by atoms with Gasteiger partial charge in [0.25, 0.3) is 0 Å². The van der Waals surface area contributed by atoms with Crippen molar-refractivity contribution >= 4 is 17.0 Å². The van der Waals surface area contributed by atoms with Crippen LogP contribution in [0.2, 0.25) is 0 Å². The fraction of sp³-hybridized carbons (Fsp3) is 0.259. The van der Waals surface area contributed by atoms with Crippen molar-refractivity contribution in [2.45, 2.75) is 19.0 Å². The van der Waals surface area contributed by atoms with Crippen molar-refractivity contribution in [1.29, 1.82) is 0 Å². The van der Waals surface area contributed by atoms with Crippen LogP contribution in [0.5, 0.6) is 0 Å². The summed E-state index contributed by atoms with van der Waals surface area (Å²) in [5.74, 6) is -0.325. The molecule has 0 atom stereocenters. The molecule has 6 nitrogen and oxygen atoms in total. The van der Waals surface area contributed by atoms with Crippen molar-refractivity contribution < 1.29 is 14.1 Å². The van der Waals surface area contributed by atoms with Gasteiger partial charge < -0.3 is 14.2 Å². The molecule has 2 heterocycles. The fourth-order valence-corrected chi connectivity index (χ4v) is 4.88. The molecule has 0 bridgehead atoms. The number of carbonyl (C=O) groups is 1. The Morgan fingerprint density at radius 3 is 2.06 bits per heavy atom. The molecule has 3 aromatic carbocycles. The van der Waals surface area contributed by atoms with Crippen LogP contribution in [0.1, 0.15) is 23.6 Å². The van der Waals surface area contributed by atoms with E-state index in [4.69, 9.17) is 4.42 Å². The minimum absolute atomic E-state index is 0.0854. The second-order valence-corrected chi connectivity index (χ2v) is 8.53. The summed E-state index contributed by atoms with van der Waals surface area (Å²) in [6.45, 7) is 3.53. The van der Waals surface area contributed by atoms with Gasteiger partial charge in [0.2, 0.25) is 5.91 Å². The number of benzene rings is 3. The van der Waals surface area contributed by atoms with Crippen molar-refractivity contribution in [3.63, 3.8) is 0 Å². The molecule has 0 spiro atoms. The lowest BCUT2D eigenvalue weighted by Gasteiger charge is -2.37. The maximum Gasteiger partial charge on any atom is 0.419 e. The van der Waals surface area contributed by atoms with Gasteiger partial charge >= 0.3 is 5.76 Å². The first-order valence-electron chi connectivity index (χ1n) is 11.5. The number of nitrogens with one attached hydrogen (secondary N) is 1. The molecule has 0 radical (unpaired) electrons. The number of rotatable bonds is 6. The molecule has 1 aliphatic rings. The molecule has 0 saturated carbocycles. The van der Waals surface area contributed by atoms with Gasteiger partial charge in [0.05, 0.1) is 31.7 Å². The molecule has 33 heavy (non-hydrogen) atoms. The lowest BCUT2D eigenvalue weighted by Crippen LogP contribution is -3.15. The number of para-hydroxylation sites is 2. The molecule has 1 amide bonds. The first-order valence-corrected chi connectivity index (χ1v) is 11.5. The maximum atomic E-state index is 12.9. The molecule has 1 aromatic heterocycles. The SMILES string of the molecule is O=C(CCn1c(=O)oc2ccccc21)N1CC[NH+](C(c2ccccc2)c2ccccc2)CC1. The monoisotopic (exact) mass is 442 g/mol. The summed E-state index contributed by atoms with van der Waals surface area (Å²) in [5, 5.41) is 0. The summed E-state index contributed by atoms with van der Waals surface area (Å²) in [6.07, 6.45) is 0.291. The van der Waals surface area contributed by atoms with E-state index in [1.54, 1.807) is 10.6 Å². The number of aryl methyl sites for hydroxylation is 1. The first kappa shape index (κ1) is 21.2. The van der Waals surface area contributed by atoms with Crippen LogP contribution in [0.15, 0.2) is 94.1 Å². The van der Waals surface area contributed by atoms with Crippen molar-refractivity contribution in [2.24, 2.45) is 0 Å². The zero-order valence-electron chi connectivity index (χ0n) is 18.5. The highest BCUT2D eigenvalue weighted by atomic mass is 16.4. The average molecular weight is 443 g/mol. The average Bonchev–Trinajstić information content (AvgIpc) is 3.19. The molecule has 1 fully saturated rings. The highest BCUT2D eigenvalue weighted by Gasteiger charge is 2.31. The molecular weight excluding hydrogens is 414 g/mol. The van der Waals surface area contributed by atoms with Crippen molar-refractivity contribution in [2.75, 3.05) is 26.2 Å². The van der Waals surface area contributed by atoms with Gasteiger partial charge in [-0.05, 0) is 12.1 Å². The molecule has 0 aliphatic carbocycles. The number of piperazine rings is 1. The minimum Gasteiger partial charge on any atom is -0.408 e. The molecule has 5 rings (SSSR count). The van der Waals surface area contributed by atoms with E-state index in [2.05, 4.69) is 48.5 Å². The molecule has 168 valence electrons. The quantitative estimate of drug-likeness (QED) is 0.499. The standard InChI is InChI=1S/C27H27N3O3/c31-25(15-16-30-23-13-7-8-14-24(23)33-27(30)32)28-17-19-29(20-18-28)26(21-9-3-1-4-10-21)22-11-5-2-6-12-22/h1-14,26H,15-20H2/p+1. The molecule has 6 heteroatoms.